The molecule has 17 heavy (non-hydrogen) atoms. The second-order valence-electron chi connectivity index (χ2n) is 3.52. The number of carbonyl (C=O) groups excluding carboxylic acids is 2. The summed E-state index contributed by atoms with van der Waals surface area (Å²) >= 11 is 0. The van der Waals surface area contributed by atoms with E-state index in [4.69, 9.17) is 10.8 Å². The summed E-state index contributed by atoms with van der Waals surface area (Å²) in [5, 5.41) is 13.1. The van der Waals surface area contributed by atoms with Crippen LogP contribution in [0, 0.1) is 6.92 Å². The molecule has 0 saturated carbocycles. The highest BCUT2D eigenvalue weighted by molar-refractivity contribution is 6.39. The summed E-state index contributed by atoms with van der Waals surface area (Å²) in [6.07, 6.45) is 0. The van der Waals surface area contributed by atoms with Gasteiger partial charge in [0.15, 0.2) is 0 Å². The van der Waals surface area contributed by atoms with Gasteiger partial charge in [-0.2, -0.15) is 0 Å². The average molecular weight is 237 g/mol. The van der Waals surface area contributed by atoms with Gasteiger partial charge in [0, 0.05) is 6.54 Å². The van der Waals surface area contributed by atoms with Gasteiger partial charge in [-0.15, -0.1) is 0 Å². The molecule has 0 heterocycles. The van der Waals surface area contributed by atoms with Crippen LogP contribution in [0.2, 0.25) is 0 Å². The van der Waals surface area contributed by atoms with Crippen molar-refractivity contribution in [3.05, 3.63) is 23.8 Å². The molecule has 6 heteroatoms. The van der Waals surface area contributed by atoms with Gasteiger partial charge in [0.2, 0.25) is 0 Å². The number of aliphatic hydroxyl groups is 1. The molecule has 0 unspecified atom stereocenters. The first-order valence-electron chi connectivity index (χ1n) is 5.10. The van der Waals surface area contributed by atoms with Crippen LogP contribution >= 0.6 is 0 Å². The molecule has 0 aliphatic rings. The van der Waals surface area contributed by atoms with Crippen LogP contribution in [0.4, 0.5) is 11.4 Å². The molecule has 0 atom stereocenters. The van der Waals surface area contributed by atoms with Crippen molar-refractivity contribution in [2.45, 2.75) is 6.92 Å². The summed E-state index contributed by atoms with van der Waals surface area (Å²) in [5.74, 6) is -1.62. The number of nitrogens with two attached hydrogens (primary N) is 1. The maximum atomic E-state index is 11.4. The Bertz CT molecular complexity index is 432. The first-order valence-corrected chi connectivity index (χ1v) is 5.10. The SMILES string of the molecule is Cc1ccc(NC(=O)C(=O)NCCO)c(N)c1. The fourth-order valence-corrected chi connectivity index (χ4v) is 1.22. The van der Waals surface area contributed by atoms with E-state index in [1.807, 2.05) is 6.92 Å². The summed E-state index contributed by atoms with van der Waals surface area (Å²) in [5.41, 5.74) is 7.43. The molecule has 5 N–H and O–H groups in total. The van der Waals surface area contributed by atoms with E-state index in [0.29, 0.717) is 11.4 Å². The topological polar surface area (TPSA) is 104 Å². The largest absolute Gasteiger partial charge is 0.397 e. The first-order chi connectivity index (χ1) is 8.04. The van der Waals surface area contributed by atoms with Gasteiger partial charge in [-0.3, -0.25) is 9.59 Å². The molecule has 92 valence electrons. The molecular formula is C11H15N3O3. The number of hydrogen-bond acceptors (Lipinski definition) is 4. The number of anilines is 2. The van der Waals surface area contributed by atoms with Gasteiger partial charge in [-0.25, -0.2) is 0 Å². The van der Waals surface area contributed by atoms with Crippen LogP contribution in [-0.2, 0) is 9.59 Å². The van der Waals surface area contributed by atoms with Crippen LogP contribution in [0.15, 0.2) is 18.2 Å². The van der Waals surface area contributed by atoms with Crippen molar-refractivity contribution in [3.63, 3.8) is 0 Å². The van der Waals surface area contributed by atoms with Gasteiger partial charge in [-0.05, 0) is 24.6 Å². The normalized spacial score (nSPS) is 9.76. The lowest BCUT2D eigenvalue weighted by atomic mass is 10.2. The molecule has 6 nitrogen and oxygen atoms in total. The minimum atomic E-state index is -0.811. The second kappa shape index (κ2) is 5.86. The number of nitrogens with one attached hydrogen (secondary N) is 2. The lowest BCUT2D eigenvalue weighted by Crippen LogP contribution is -2.36. The number of hydrogen-bond donors (Lipinski definition) is 4. The van der Waals surface area contributed by atoms with E-state index in [-0.39, 0.29) is 13.2 Å². The lowest BCUT2D eigenvalue weighted by molar-refractivity contribution is -0.136. The zero-order chi connectivity index (χ0) is 12.8. The average Bonchev–Trinajstić information content (AvgIpc) is 2.29. The van der Waals surface area contributed by atoms with Crippen LogP contribution in [0.1, 0.15) is 5.56 Å². The number of aryl methyl sites for hydroxylation is 1. The predicted molar refractivity (Wildman–Crippen MR) is 64.3 cm³/mol. The van der Waals surface area contributed by atoms with Crippen LogP contribution < -0.4 is 16.4 Å². The van der Waals surface area contributed by atoms with Crippen molar-refractivity contribution < 1.29 is 14.7 Å². The fraction of sp³-hybridized carbons (Fsp3) is 0.273. The second-order valence-corrected chi connectivity index (χ2v) is 3.52. The highest BCUT2D eigenvalue weighted by Crippen LogP contribution is 2.18. The molecule has 1 rings (SSSR count). The summed E-state index contributed by atoms with van der Waals surface area (Å²) in [4.78, 5) is 22.6. The monoisotopic (exact) mass is 237 g/mol. The number of carbonyl (C=O) groups is 2. The van der Waals surface area contributed by atoms with E-state index < -0.39 is 11.8 Å². The smallest absolute Gasteiger partial charge is 0.313 e. The maximum Gasteiger partial charge on any atom is 0.313 e. The molecule has 0 bridgehead atoms. The fourth-order valence-electron chi connectivity index (χ4n) is 1.22. The summed E-state index contributed by atoms with van der Waals surface area (Å²) < 4.78 is 0. The Hall–Kier alpha value is -2.08. The number of amides is 2. The van der Waals surface area contributed by atoms with E-state index in [0.717, 1.165) is 5.56 Å². The standard InChI is InChI=1S/C11H15N3O3/c1-7-2-3-9(8(12)6-7)14-11(17)10(16)13-4-5-15/h2-3,6,15H,4-5,12H2,1H3,(H,13,16)(H,14,17). The van der Waals surface area contributed by atoms with Gasteiger partial charge in [-0.1, -0.05) is 6.07 Å². The third-order valence-electron chi connectivity index (χ3n) is 2.06. The first kappa shape index (κ1) is 13.0. The van der Waals surface area contributed by atoms with Crippen molar-refractivity contribution >= 4 is 23.2 Å². The molecule has 0 aliphatic carbocycles. The maximum absolute atomic E-state index is 11.4. The van der Waals surface area contributed by atoms with Gasteiger partial charge in [0.1, 0.15) is 0 Å². The number of rotatable bonds is 3. The van der Waals surface area contributed by atoms with Crippen molar-refractivity contribution in [3.8, 4) is 0 Å². The summed E-state index contributed by atoms with van der Waals surface area (Å²) in [7, 11) is 0. The Balaban J connectivity index is 2.64. The molecule has 0 radical (unpaired) electrons. The molecule has 0 aromatic heterocycles. The molecule has 0 saturated heterocycles. The van der Waals surface area contributed by atoms with Gasteiger partial charge >= 0.3 is 11.8 Å². The Morgan fingerprint density at radius 3 is 2.65 bits per heavy atom. The highest BCUT2D eigenvalue weighted by Gasteiger charge is 2.13. The molecule has 1 aromatic carbocycles. The molecular weight excluding hydrogens is 222 g/mol. The van der Waals surface area contributed by atoms with Gasteiger partial charge in [0.05, 0.1) is 18.0 Å². The third kappa shape index (κ3) is 3.76. The molecule has 0 spiro atoms. The Labute approximate surface area is 98.8 Å². The summed E-state index contributed by atoms with van der Waals surface area (Å²) in [6.45, 7) is 1.69. The molecule has 0 fully saturated rings. The van der Waals surface area contributed by atoms with E-state index in [2.05, 4.69) is 10.6 Å². The van der Waals surface area contributed by atoms with Crippen LogP contribution in [0.25, 0.3) is 0 Å². The molecule has 2 amide bonds. The van der Waals surface area contributed by atoms with Crippen LogP contribution in [0.3, 0.4) is 0 Å². The van der Waals surface area contributed by atoms with E-state index >= 15 is 0 Å². The number of nitrogen functional groups attached to an aromatic ring is 1. The van der Waals surface area contributed by atoms with E-state index in [1.54, 1.807) is 18.2 Å². The Kier molecular flexibility index (Phi) is 4.47. The van der Waals surface area contributed by atoms with Crippen molar-refractivity contribution in [1.82, 2.24) is 5.32 Å². The van der Waals surface area contributed by atoms with Crippen molar-refractivity contribution in [2.24, 2.45) is 0 Å². The highest BCUT2D eigenvalue weighted by atomic mass is 16.3. The zero-order valence-electron chi connectivity index (χ0n) is 9.49. The molecule has 0 aliphatic heterocycles. The van der Waals surface area contributed by atoms with Gasteiger partial charge < -0.3 is 21.5 Å². The third-order valence-corrected chi connectivity index (χ3v) is 2.06. The van der Waals surface area contributed by atoms with Crippen LogP contribution in [-0.4, -0.2) is 30.1 Å². The predicted octanol–water partition coefficient (Wildman–Crippen LogP) is -0.376. The Morgan fingerprint density at radius 1 is 1.35 bits per heavy atom. The minimum Gasteiger partial charge on any atom is -0.397 e. The van der Waals surface area contributed by atoms with Crippen molar-refractivity contribution in [2.75, 3.05) is 24.2 Å². The van der Waals surface area contributed by atoms with E-state index in [9.17, 15) is 9.59 Å². The Morgan fingerprint density at radius 2 is 2.06 bits per heavy atom. The number of benzene rings is 1. The zero-order valence-corrected chi connectivity index (χ0v) is 9.49. The van der Waals surface area contributed by atoms with Crippen molar-refractivity contribution in [1.29, 1.82) is 0 Å². The lowest BCUT2D eigenvalue weighted by Gasteiger charge is -2.08. The minimum absolute atomic E-state index is 0.0373. The quantitative estimate of drug-likeness (QED) is 0.425. The summed E-state index contributed by atoms with van der Waals surface area (Å²) in [6, 6.07) is 5.10. The van der Waals surface area contributed by atoms with Crippen LogP contribution in [0.5, 0.6) is 0 Å². The molecule has 1 aromatic rings. The van der Waals surface area contributed by atoms with E-state index in [1.165, 1.54) is 0 Å². The number of aliphatic hydroxyl groups excluding tert-OH is 1. The van der Waals surface area contributed by atoms with Gasteiger partial charge in [0.25, 0.3) is 0 Å².